The summed E-state index contributed by atoms with van der Waals surface area (Å²) < 4.78 is 120. The van der Waals surface area contributed by atoms with Gasteiger partial charge in [-0.1, -0.05) is 41.5 Å². The minimum atomic E-state index is -3.79. The third kappa shape index (κ3) is 51.3. The average molecular weight is 2160 g/mol. The van der Waals surface area contributed by atoms with Crippen molar-refractivity contribution < 1.29 is 210 Å². The summed E-state index contributed by atoms with van der Waals surface area (Å²) in [5.74, 6) is -3.14. The van der Waals surface area contributed by atoms with Gasteiger partial charge in [-0.3, -0.25) is 27.4 Å². The number of hydrogen-bond donors (Lipinski definition) is 37. The number of rotatable bonds is 33. The lowest BCUT2D eigenvalue weighted by molar-refractivity contribution is -0.106. The fourth-order valence-corrected chi connectivity index (χ4v) is 18.2. The van der Waals surface area contributed by atoms with E-state index in [0.717, 1.165) is 63.1 Å². The zero-order valence-electron chi connectivity index (χ0n) is 79.3. The van der Waals surface area contributed by atoms with Gasteiger partial charge >= 0.3 is 7.60 Å². The second-order valence-electron chi connectivity index (χ2n) is 30.7. The van der Waals surface area contributed by atoms with E-state index in [1.54, 1.807) is 62.3 Å². The molecular weight excluding hydrogens is 2010 g/mol. The molecule has 61 nitrogen and oxygen atoms in total. The Labute approximate surface area is 810 Å². The van der Waals surface area contributed by atoms with E-state index in [1.807, 2.05) is 0 Å². The number of aliphatic hydroxyl groups excluding tert-OH is 18. The normalized spacial score (nSPS) is 27.9. The maximum atomic E-state index is 13.0. The monoisotopic (exact) mass is 2160 g/mol. The number of nitrogens with one attached hydrogen (secondary N) is 6. The molecule has 141 heavy (non-hydrogen) atoms. The Morgan fingerprint density at radius 3 is 0.645 bits per heavy atom. The van der Waals surface area contributed by atoms with Crippen molar-refractivity contribution in [1.29, 1.82) is 32.5 Å². The molecule has 6 aliphatic rings. The van der Waals surface area contributed by atoms with Crippen molar-refractivity contribution in [2.24, 2.45) is 102 Å². The van der Waals surface area contributed by atoms with Crippen LogP contribution in [-0.2, 0) is 98.1 Å². The van der Waals surface area contributed by atoms with Gasteiger partial charge in [0.25, 0.3) is 36.8 Å². The number of nitrogens with zero attached hydrogens (tertiary/aromatic N) is 3. The van der Waals surface area contributed by atoms with Crippen molar-refractivity contribution in [3.05, 3.63) is 69.5 Å². The van der Waals surface area contributed by atoms with Crippen molar-refractivity contribution in [1.82, 2.24) is 0 Å². The molecule has 6 heterocycles. The largest absolute Gasteiger partial charge is 0.482 e. The molecule has 0 bridgehead atoms. The van der Waals surface area contributed by atoms with Crippen molar-refractivity contribution >= 4 is 98.8 Å². The fraction of sp³-hybridized carbons (Fsp3) is 0.716. The van der Waals surface area contributed by atoms with E-state index in [4.69, 9.17) is 185 Å². The predicted octanol–water partition coefficient (Wildman–Crippen LogP) is -7.41. The van der Waals surface area contributed by atoms with Crippen LogP contribution in [0.5, 0.6) is 0 Å². The average Bonchev–Trinajstić information content (AvgIpc) is 0.779. The van der Waals surface area contributed by atoms with E-state index < -0.39 is 248 Å². The summed E-state index contributed by atoms with van der Waals surface area (Å²) in [6, 6.07) is -3.69. The third-order valence-corrected chi connectivity index (χ3v) is 27.8. The number of isocyanates is 6. The fourth-order valence-electron chi connectivity index (χ4n) is 12.2. The molecule has 0 amide bonds. The van der Waals surface area contributed by atoms with Gasteiger partial charge in [0.05, 0.1) is 77.6 Å². The Balaban J connectivity index is -0.000000375. The summed E-state index contributed by atoms with van der Waals surface area (Å²) in [6.45, 7) is 17.5. The van der Waals surface area contributed by atoms with Gasteiger partial charge in [0, 0.05) is 87.0 Å². The first-order valence-electron chi connectivity index (χ1n) is 41.2. The van der Waals surface area contributed by atoms with Crippen LogP contribution in [0.4, 0.5) is 0 Å². The highest BCUT2D eigenvalue weighted by Crippen LogP contribution is 2.60. The first-order valence-corrected chi connectivity index (χ1v) is 53.2. The molecule has 6 aliphatic heterocycles. The van der Waals surface area contributed by atoms with E-state index in [1.165, 1.54) is 43.1 Å². The van der Waals surface area contributed by atoms with Crippen LogP contribution in [0.25, 0.3) is 0 Å². The molecule has 0 spiro atoms. The van der Waals surface area contributed by atoms with Gasteiger partial charge in [-0.25, -0.2) is 76.2 Å². The molecule has 0 aromatic carbocycles. The molecule has 0 aromatic rings. The van der Waals surface area contributed by atoms with Crippen LogP contribution in [0.2, 0.25) is 0 Å². The van der Waals surface area contributed by atoms with Crippen LogP contribution in [0.3, 0.4) is 0 Å². The van der Waals surface area contributed by atoms with Crippen LogP contribution in [0.15, 0.2) is 84.4 Å². The van der Waals surface area contributed by atoms with Crippen molar-refractivity contribution in [3.8, 4) is 0 Å². The van der Waals surface area contributed by atoms with Gasteiger partial charge in [0.15, 0.2) is 45.4 Å². The molecule has 0 fully saturated rings. The Bertz CT molecular complexity index is 4250. The van der Waals surface area contributed by atoms with Gasteiger partial charge < -0.3 is 205 Å². The molecule has 6 rings (SSSR count). The minimum Gasteiger partial charge on any atom is -0.482 e. The zero-order chi connectivity index (χ0) is 112. The summed E-state index contributed by atoms with van der Waals surface area (Å²) >= 11 is 0. The number of ether oxygens (including phenoxy) is 6. The molecule has 67 heteroatoms. The topological polar surface area (TPSA) is 1150 Å². The third-order valence-electron chi connectivity index (χ3n) is 19.7. The number of carbonyl (C=O) groups excluding carboxylic acids is 6. The van der Waals surface area contributed by atoms with Crippen LogP contribution in [0, 0.1) is 68.0 Å². The van der Waals surface area contributed by atoms with Gasteiger partial charge in [-0.2, -0.15) is 0 Å². The van der Waals surface area contributed by atoms with Gasteiger partial charge in [-0.05, 0) is 57.2 Å². The molecule has 35 atom stereocenters. The first-order chi connectivity index (χ1) is 64.9. The maximum Gasteiger partial charge on any atom is 0.395 e. The Hall–Kier alpha value is -8.41. The van der Waals surface area contributed by atoms with Gasteiger partial charge in [0.2, 0.25) is 42.0 Å². The van der Waals surface area contributed by atoms with E-state index in [2.05, 4.69) is 15.0 Å². The molecule has 46 N–H and O–H groups in total. The number of aliphatic hydroxyl groups is 18. The lowest BCUT2D eigenvalue weighted by atomic mass is 9.89. The van der Waals surface area contributed by atoms with Crippen LogP contribution in [0.1, 0.15) is 62.3 Å². The quantitative estimate of drug-likeness (QED) is 0.0126. The van der Waals surface area contributed by atoms with Gasteiger partial charge in [-0.15, -0.1) is 0 Å². The second-order valence-corrected chi connectivity index (χ2v) is 43.9. The smallest absolute Gasteiger partial charge is 0.395 e. The molecule has 816 valence electrons. The number of hydrogen-bond acceptors (Lipinski definition) is 51. The molecule has 0 radical (unpaired) electrons. The summed E-state index contributed by atoms with van der Waals surface area (Å²) in [5.41, 5.74) is 48.8. The van der Waals surface area contributed by atoms with E-state index in [9.17, 15) is 108 Å². The minimum absolute atomic E-state index is 0.0964. The predicted molar refractivity (Wildman–Crippen MR) is 500 cm³/mol. The first kappa shape index (κ1) is 143. The Kier molecular flexibility index (Phi) is 72.3. The van der Waals surface area contributed by atoms with Gasteiger partial charge in [0.1, 0.15) is 110 Å². The molecule has 0 saturated carbocycles. The molecule has 0 aromatic heterocycles. The highest BCUT2D eigenvalue weighted by molar-refractivity contribution is 7.63. The number of aliphatic imine (C=N–C) groups is 3. The maximum absolute atomic E-state index is 13.0. The summed E-state index contributed by atoms with van der Waals surface area (Å²) in [5, 5.41) is 203. The summed E-state index contributed by atoms with van der Waals surface area (Å²) in [4.78, 5) is 100. The summed E-state index contributed by atoms with van der Waals surface area (Å²) in [7, 11) is -21.6. The van der Waals surface area contributed by atoms with E-state index >= 15 is 0 Å². The van der Waals surface area contributed by atoms with E-state index in [-0.39, 0.29) is 88.5 Å². The Morgan fingerprint density at radius 2 is 0.475 bits per heavy atom. The van der Waals surface area contributed by atoms with Crippen LogP contribution < -0.4 is 51.6 Å². The van der Waals surface area contributed by atoms with Crippen molar-refractivity contribution in [2.75, 3.05) is 92.8 Å². The van der Waals surface area contributed by atoms with E-state index in [0.29, 0.717) is 0 Å². The van der Waals surface area contributed by atoms with Crippen LogP contribution >= 0.6 is 44.4 Å². The van der Waals surface area contributed by atoms with Crippen LogP contribution in [-0.4, -0.2) is 405 Å². The molecule has 5 unspecified atom stereocenters. The lowest BCUT2D eigenvalue weighted by Gasteiger charge is -2.38. The standard InChI is InChI=1S/C14H28N3O7P.C12H24NO6P.2C11H22N3O6P.2C10H20NO6P.6CHNO/c1-4-22-25(21,23-5-2)11-6-9(17-14(15)16)8(3)13(24-11)12(20)10(19)7-18;1-4-18-20(3,17)10-5-8(13)7(2)12(19-10)11(16)9(15)6-14;2*1-5-6(14-11(12)13)3-8(21(2,18)19)20-10(5)9(17)7(16)4-15;2*1-5-6(11)3-8(18(2,15)16)17-10(5)9(14)7(13)4-12;6*2-1-3/h6,8-10,12-13,18-20H,4-5,7H2,1-3H3,(H4,15,16,17);5,7-9,11-12,14-16H,4,6,13H2,1-3H3;2*3,5-7,9-10,15-17H,4H2,1-2H3,(H,18,19)(H4,12,13,14);2*3,5-7,9-10,12-14H,4,11H2,1-2H3,(H,15,16);6*2H/t8-,9+,10-,12-,13-;7-,8+,9-,11-,12-,20?;4*5-,6+,7-,9-,10-;;;;;;/m111111....../s1. The molecule has 0 aliphatic carbocycles. The van der Waals surface area contributed by atoms with Crippen molar-refractivity contribution in [3.63, 3.8) is 0 Å². The zero-order valence-corrected chi connectivity index (χ0v) is 84.6. The highest BCUT2D eigenvalue weighted by Gasteiger charge is 2.49. The second kappa shape index (κ2) is 71.2. The molecule has 0 saturated heterocycles. The Morgan fingerprint density at radius 1 is 0.319 bits per heavy atom. The number of guanidine groups is 3. The molecular formula is C74H142N18O43P6. The summed E-state index contributed by atoms with van der Waals surface area (Å²) in [6.07, 6.45) is -10.1. The SMILES string of the molecule is CCOP(=O)(OCC)C1=C[C@H](N=C(N)N)[C@@H](C)[C@H]([C@H](O)[C@H](O)CO)O1.CCOP(C)(=O)C1=C[C@H](N)[C@@H](C)[C@H]([C@H](O)[C@H](O)CO)O1.C[C@H]1[C@H]([C@H](O)[C@H](O)CO)OC(P(C)(=O)O)=C[C@@H]1N.C[C@H]1[C@H]([C@H](O)[C@H](O)CO)OC(P(C)(=O)O)=C[C@@H]1N.C[C@H]1[C@H]([C@H](O)[C@H](O)CO)OC(P(C)(=O)O)=C[C@@H]1N=C(N)N.C[C@H]1[C@H]([C@H](O)[C@H](O)CO)OC(P(C)(=O)O)=C[C@@H]1N=C(N)N.N=C=O.N=C=O.N=C=O.N=C=O.N=C=O.N=C=O. The van der Waals surface area contributed by atoms with Crippen molar-refractivity contribution in [2.45, 2.75) is 208 Å². The number of nitrogens with two attached hydrogens (primary N) is 9. The lowest BCUT2D eigenvalue weighted by Crippen LogP contribution is -2.50. The highest BCUT2D eigenvalue weighted by atomic mass is 31.2.